The van der Waals surface area contributed by atoms with Crippen molar-refractivity contribution >= 4 is 29.3 Å². The third-order valence-corrected chi connectivity index (χ3v) is 3.65. The van der Waals surface area contributed by atoms with E-state index in [1.165, 1.54) is 0 Å². The molecule has 0 aromatic heterocycles. The predicted molar refractivity (Wildman–Crippen MR) is 77.1 cm³/mol. The van der Waals surface area contributed by atoms with E-state index in [-0.39, 0.29) is 5.91 Å². The fraction of sp³-hybridized carbons (Fsp3) is 0.462. The van der Waals surface area contributed by atoms with Gasteiger partial charge in [-0.1, -0.05) is 29.8 Å². The fourth-order valence-electron chi connectivity index (χ4n) is 1.36. The third kappa shape index (κ3) is 6.28. The third-order valence-electron chi connectivity index (χ3n) is 2.30. The van der Waals surface area contributed by atoms with Gasteiger partial charge in [0.15, 0.2) is 0 Å². The van der Waals surface area contributed by atoms with Gasteiger partial charge in [-0.2, -0.15) is 0 Å². The quantitative estimate of drug-likeness (QED) is 0.747. The van der Waals surface area contributed by atoms with Gasteiger partial charge in [0.25, 0.3) is 0 Å². The average molecular weight is 288 g/mol. The number of hydrogen-bond acceptors (Lipinski definition) is 3. The Labute approximate surface area is 117 Å². The molecule has 0 heterocycles. The smallest absolute Gasteiger partial charge is 0.230 e. The highest BCUT2D eigenvalue weighted by Gasteiger charge is 2.03. The zero-order chi connectivity index (χ0) is 13.2. The Morgan fingerprint density at radius 1 is 1.44 bits per heavy atom. The van der Waals surface area contributed by atoms with Gasteiger partial charge in [-0.15, -0.1) is 11.8 Å². The maximum absolute atomic E-state index is 11.5. The number of nitrogens with one attached hydrogen (secondary N) is 1. The second kappa shape index (κ2) is 9.25. The van der Waals surface area contributed by atoms with Gasteiger partial charge in [0, 0.05) is 31.0 Å². The van der Waals surface area contributed by atoms with Crippen LogP contribution >= 0.6 is 23.4 Å². The highest BCUT2D eigenvalue weighted by Crippen LogP contribution is 2.20. The maximum atomic E-state index is 11.5. The zero-order valence-corrected chi connectivity index (χ0v) is 12.0. The topological polar surface area (TPSA) is 38.3 Å². The number of hydrogen-bond donors (Lipinski definition) is 1. The molecule has 0 fully saturated rings. The largest absolute Gasteiger partial charge is 0.385 e. The Kier molecular flexibility index (Phi) is 7.89. The molecule has 1 N–H and O–H groups in total. The summed E-state index contributed by atoms with van der Waals surface area (Å²) in [5.74, 6) is 1.27. The summed E-state index contributed by atoms with van der Waals surface area (Å²) in [4.78, 5) is 11.5. The van der Waals surface area contributed by atoms with Crippen molar-refractivity contribution in [3.63, 3.8) is 0 Å². The molecular weight excluding hydrogens is 270 g/mol. The summed E-state index contributed by atoms with van der Waals surface area (Å²) in [7, 11) is 1.65. The monoisotopic (exact) mass is 287 g/mol. The van der Waals surface area contributed by atoms with Gasteiger partial charge in [-0.3, -0.25) is 4.79 Å². The minimum Gasteiger partial charge on any atom is -0.385 e. The molecule has 0 bridgehead atoms. The molecule has 0 saturated carbocycles. The Bertz CT molecular complexity index is 374. The van der Waals surface area contributed by atoms with Crippen LogP contribution in [0.3, 0.4) is 0 Å². The normalized spacial score (nSPS) is 10.3. The molecule has 0 radical (unpaired) electrons. The molecule has 5 heteroatoms. The van der Waals surface area contributed by atoms with Gasteiger partial charge < -0.3 is 10.1 Å². The first-order valence-electron chi connectivity index (χ1n) is 5.81. The minimum atomic E-state index is 0.0585. The van der Waals surface area contributed by atoms with Gasteiger partial charge in [0.05, 0.1) is 5.75 Å². The molecule has 0 spiro atoms. The van der Waals surface area contributed by atoms with Gasteiger partial charge in [-0.05, 0) is 18.1 Å². The van der Waals surface area contributed by atoms with Crippen molar-refractivity contribution in [3.05, 3.63) is 34.9 Å². The average Bonchev–Trinajstić information content (AvgIpc) is 2.37. The molecule has 1 rings (SSSR count). The van der Waals surface area contributed by atoms with E-state index >= 15 is 0 Å². The first-order valence-corrected chi connectivity index (χ1v) is 7.34. The van der Waals surface area contributed by atoms with E-state index in [2.05, 4.69) is 5.32 Å². The summed E-state index contributed by atoms with van der Waals surface area (Å²) in [6, 6.07) is 7.69. The van der Waals surface area contributed by atoms with Crippen LogP contribution in [-0.2, 0) is 15.3 Å². The molecular formula is C13H18ClNO2S. The van der Waals surface area contributed by atoms with Crippen molar-refractivity contribution in [1.29, 1.82) is 0 Å². The predicted octanol–water partition coefficient (Wildman–Crippen LogP) is 2.73. The summed E-state index contributed by atoms with van der Waals surface area (Å²) in [5.41, 5.74) is 1.07. The van der Waals surface area contributed by atoms with Crippen LogP contribution < -0.4 is 5.32 Å². The van der Waals surface area contributed by atoms with E-state index in [0.29, 0.717) is 18.9 Å². The molecule has 0 aliphatic carbocycles. The number of rotatable bonds is 8. The first kappa shape index (κ1) is 15.3. The highest BCUT2D eigenvalue weighted by atomic mass is 35.5. The molecule has 0 aliphatic heterocycles. The van der Waals surface area contributed by atoms with E-state index in [4.69, 9.17) is 16.3 Å². The number of halogens is 1. The highest BCUT2D eigenvalue weighted by molar-refractivity contribution is 7.99. The van der Waals surface area contributed by atoms with Crippen LogP contribution in [-0.4, -0.2) is 31.9 Å². The Morgan fingerprint density at radius 2 is 2.22 bits per heavy atom. The fourth-order valence-corrected chi connectivity index (χ4v) is 2.51. The van der Waals surface area contributed by atoms with Crippen LogP contribution in [0.4, 0.5) is 0 Å². The molecule has 0 saturated heterocycles. The Hall–Kier alpha value is -0.710. The Balaban J connectivity index is 2.14. The van der Waals surface area contributed by atoms with E-state index in [1.807, 2.05) is 24.3 Å². The van der Waals surface area contributed by atoms with Crippen molar-refractivity contribution in [2.75, 3.05) is 26.0 Å². The summed E-state index contributed by atoms with van der Waals surface area (Å²) < 4.78 is 4.90. The number of methoxy groups -OCH3 is 1. The molecule has 0 aliphatic rings. The van der Waals surface area contributed by atoms with E-state index < -0.39 is 0 Å². The second-order valence-electron chi connectivity index (χ2n) is 3.78. The molecule has 1 aromatic carbocycles. The lowest BCUT2D eigenvalue weighted by Gasteiger charge is -2.05. The molecule has 1 aromatic rings. The van der Waals surface area contributed by atoms with E-state index in [1.54, 1.807) is 18.9 Å². The van der Waals surface area contributed by atoms with Crippen molar-refractivity contribution in [1.82, 2.24) is 5.32 Å². The van der Waals surface area contributed by atoms with E-state index in [0.717, 1.165) is 22.8 Å². The van der Waals surface area contributed by atoms with Crippen LogP contribution in [0.1, 0.15) is 12.0 Å². The first-order chi connectivity index (χ1) is 8.74. The van der Waals surface area contributed by atoms with E-state index in [9.17, 15) is 4.79 Å². The second-order valence-corrected chi connectivity index (χ2v) is 5.17. The van der Waals surface area contributed by atoms with Crippen molar-refractivity contribution in [3.8, 4) is 0 Å². The molecule has 3 nitrogen and oxygen atoms in total. The number of carbonyl (C=O) groups excluding carboxylic acids is 1. The van der Waals surface area contributed by atoms with Gasteiger partial charge in [-0.25, -0.2) is 0 Å². The van der Waals surface area contributed by atoms with Crippen LogP contribution in [0.2, 0.25) is 5.02 Å². The van der Waals surface area contributed by atoms with Gasteiger partial charge in [0.1, 0.15) is 0 Å². The lowest BCUT2D eigenvalue weighted by atomic mass is 10.2. The molecule has 0 atom stereocenters. The van der Waals surface area contributed by atoms with Crippen LogP contribution in [0, 0.1) is 0 Å². The van der Waals surface area contributed by atoms with Crippen molar-refractivity contribution in [2.24, 2.45) is 0 Å². The molecule has 0 unspecified atom stereocenters. The number of benzene rings is 1. The lowest BCUT2D eigenvalue weighted by molar-refractivity contribution is -0.118. The maximum Gasteiger partial charge on any atom is 0.230 e. The lowest BCUT2D eigenvalue weighted by Crippen LogP contribution is -2.26. The summed E-state index contributed by atoms with van der Waals surface area (Å²) in [6.45, 7) is 1.34. The molecule has 1 amide bonds. The summed E-state index contributed by atoms with van der Waals surface area (Å²) >= 11 is 7.59. The van der Waals surface area contributed by atoms with Crippen LogP contribution in [0.15, 0.2) is 24.3 Å². The SMILES string of the molecule is COCCCNC(=O)CSCc1ccccc1Cl. The number of thioether (sulfide) groups is 1. The van der Waals surface area contributed by atoms with Crippen molar-refractivity contribution in [2.45, 2.75) is 12.2 Å². The number of ether oxygens (including phenoxy) is 1. The van der Waals surface area contributed by atoms with Gasteiger partial charge in [0.2, 0.25) is 5.91 Å². The summed E-state index contributed by atoms with van der Waals surface area (Å²) in [5, 5.41) is 3.60. The standard InChI is InChI=1S/C13H18ClNO2S/c1-17-8-4-7-15-13(16)10-18-9-11-5-2-3-6-12(11)14/h2-3,5-6H,4,7-10H2,1H3,(H,15,16). The van der Waals surface area contributed by atoms with Crippen LogP contribution in [0.25, 0.3) is 0 Å². The molecule has 100 valence electrons. The zero-order valence-electron chi connectivity index (χ0n) is 10.4. The molecule has 18 heavy (non-hydrogen) atoms. The Morgan fingerprint density at radius 3 is 2.94 bits per heavy atom. The number of amides is 1. The summed E-state index contributed by atoms with van der Waals surface area (Å²) in [6.07, 6.45) is 0.845. The minimum absolute atomic E-state index is 0.0585. The van der Waals surface area contributed by atoms with Crippen molar-refractivity contribution < 1.29 is 9.53 Å². The van der Waals surface area contributed by atoms with Gasteiger partial charge >= 0.3 is 0 Å². The number of carbonyl (C=O) groups is 1. The van der Waals surface area contributed by atoms with Crippen LogP contribution in [0.5, 0.6) is 0 Å².